The zero-order valence-electron chi connectivity index (χ0n) is 13.8. The highest BCUT2D eigenvalue weighted by atomic mass is 19.3. The summed E-state index contributed by atoms with van der Waals surface area (Å²) in [6.07, 6.45) is 0. The first-order chi connectivity index (χ1) is 13.0. The van der Waals surface area contributed by atoms with Crippen LogP contribution in [0, 0.1) is 5.82 Å². The van der Waals surface area contributed by atoms with Gasteiger partial charge in [0.15, 0.2) is 5.58 Å². The standard InChI is InChI=1S/C20H12F3N3O/c21-15-9-5-13(6-10-15)14-7-11-16(12-8-14)25-26-20(22,23)19-24-17-3-1-2-4-18(17)27-19/h1-12H. The van der Waals surface area contributed by atoms with Crippen LogP contribution in [0.15, 0.2) is 87.4 Å². The molecule has 4 rings (SSSR count). The molecule has 0 atom stereocenters. The van der Waals surface area contributed by atoms with Gasteiger partial charge in [0.25, 0.3) is 5.89 Å². The van der Waals surface area contributed by atoms with Gasteiger partial charge >= 0.3 is 6.05 Å². The number of aromatic nitrogens is 1. The molecule has 0 saturated carbocycles. The predicted octanol–water partition coefficient (Wildman–Crippen LogP) is 6.47. The van der Waals surface area contributed by atoms with Crippen molar-refractivity contribution in [1.82, 2.24) is 4.98 Å². The highest BCUT2D eigenvalue weighted by Crippen LogP contribution is 2.33. The molecule has 3 aromatic carbocycles. The molecule has 0 radical (unpaired) electrons. The molecular weight excluding hydrogens is 355 g/mol. The molecule has 134 valence electrons. The number of hydrogen-bond donors (Lipinski definition) is 0. The van der Waals surface area contributed by atoms with Crippen molar-refractivity contribution in [2.75, 3.05) is 0 Å². The van der Waals surface area contributed by atoms with Crippen LogP contribution in [-0.2, 0) is 6.05 Å². The summed E-state index contributed by atoms with van der Waals surface area (Å²) in [5, 5.41) is 6.68. The van der Waals surface area contributed by atoms with Crippen LogP contribution in [0.2, 0.25) is 0 Å². The molecule has 4 aromatic rings. The minimum Gasteiger partial charge on any atom is -0.433 e. The topological polar surface area (TPSA) is 50.8 Å². The lowest BCUT2D eigenvalue weighted by Gasteiger charge is -2.05. The van der Waals surface area contributed by atoms with E-state index in [0.29, 0.717) is 5.52 Å². The maximum atomic E-state index is 14.2. The number of fused-ring (bicyclic) bond motifs is 1. The zero-order chi connectivity index (χ0) is 18.9. The van der Waals surface area contributed by atoms with Crippen molar-refractivity contribution in [3.8, 4) is 11.1 Å². The Hall–Kier alpha value is -3.48. The lowest BCUT2D eigenvalue weighted by molar-refractivity contribution is -0.0271. The third-order valence-corrected chi connectivity index (χ3v) is 3.89. The third-order valence-electron chi connectivity index (χ3n) is 3.89. The number of benzene rings is 3. The average Bonchev–Trinajstić information content (AvgIpc) is 3.13. The van der Waals surface area contributed by atoms with Crippen LogP contribution in [0.5, 0.6) is 0 Å². The number of oxazole rings is 1. The molecule has 0 saturated heterocycles. The molecular formula is C20H12F3N3O. The predicted molar refractivity (Wildman–Crippen MR) is 94.3 cm³/mol. The number of azo groups is 1. The fourth-order valence-electron chi connectivity index (χ4n) is 2.53. The first kappa shape index (κ1) is 17.0. The van der Waals surface area contributed by atoms with Gasteiger partial charge in [0.2, 0.25) is 0 Å². The van der Waals surface area contributed by atoms with Crippen molar-refractivity contribution in [3.05, 3.63) is 84.5 Å². The van der Waals surface area contributed by atoms with Gasteiger partial charge in [-0.25, -0.2) is 9.37 Å². The molecule has 27 heavy (non-hydrogen) atoms. The number of alkyl halides is 2. The second-order valence-electron chi connectivity index (χ2n) is 5.78. The Balaban J connectivity index is 1.55. The van der Waals surface area contributed by atoms with Gasteiger partial charge in [0.05, 0.1) is 5.69 Å². The van der Waals surface area contributed by atoms with Crippen molar-refractivity contribution in [3.63, 3.8) is 0 Å². The molecule has 7 heteroatoms. The molecule has 0 aliphatic heterocycles. The van der Waals surface area contributed by atoms with Crippen LogP contribution in [0.1, 0.15) is 5.89 Å². The van der Waals surface area contributed by atoms with E-state index in [-0.39, 0.29) is 17.1 Å². The van der Waals surface area contributed by atoms with Crippen LogP contribution in [0.3, 0.4) is 0 Å². The van der Waals surface area contributed by atoms with E-state index >= 15 is 0 Å². The second-order valence-corrected chi connectivity index (χ2v) is 5.78. The summed E-state index contributed by atoms with van der Waals surface area (Å²) in [6, 6.07) is 15.2. The molecule has 0 unspecified atom stereocenters. The van der Waals surface area contributed by atoms with E-state index in [9.17, 15) is 13.2 Å². The van der Waals surface area contributed by atoms with Gasteiger partial charge in [-0.05, 0) is 47.5 Å². The Labute approximate surface area is 152 Å². The van der Waals surface area contributed by atoms with Crippen molar-refractivity contribution < 1.29 is 17.6 Å². The van der Waals surface area contributed by atoms with E-state index < -0.39 is 11.9 Å². The Kier molecular flexibility index (Phi) is 4.19. The highest BCUT2D eigenvalue weighted by Gasteiger charge is 2.38. The lowest BCUT2D eigenvalue weighted by atomic mass is 10.1. The fraction of sp³-hybridized carbons (Fsp3) is 0.0500. The summed E-state index contributed by atoms with van der Waals surface area (Å²) in [5.41, 5.74) is 2.44. The minimum atomic E-state index is -3.69. The molecule has 0 bridgehead atoms. The average molecular weight is 367 g/mol. The van der Waals surface area contributed by atoms with Crippen LogP contribution < -0.4 is 0 Å². The van der Waals surface area contributed by atoms with Crippen molar-refractivity contribution >= 4 is 16.8 Å². The summed E-state index contributed by atoms with van der Waals surface area (Å²) in [6.45, 7) is 0. The van der Waals surface area contributed by atoms with Crippen LogP contribution in [-0.4, -0.2) is 4.98 Å². The fourth-order valence-corrected chi connectivity index (χ4v) is 2.53. The molecule has 4 nitrogen and oxygen atoms in total. The maximum Gasteiger partial charge on any atom is 0.436 e. The van der Waals surface area contributed by atoms with E-state index in [0.717, 1.165) is 11.1 Å². The van der Waals surface area contributed by atoms with E-state index in [2.05, 4.69) is 15.2 Å². The summed E-state index contributed by atoms with van der Waals surface area (Å²) >= 11 is 0. The van der Waals surface area contributed by atoms with E-state index in [1.807, 2.05) is 0 Å². The first-order valence-corrected chi connectivity index (χ1v) is 8.04. The van der Waals surface area contributed by atoms with Crippen molar-refractivity contribution in [1.29, 1.82) is 0 Å². The molecule has 0 amide bonds. The normalized spacial score (nSPS) is 12.1. The molecule has 0 fully saturated rings. The Morgan fingerprint density at radius 3 is 2.11 bits per heavy atom. The lowest BCUT2D eigenvalue weighted by Crippen LogP contribution is -2.09. The molecule has 0 spiro atoms. The molecule has 0 N–H and O–H groups in total. The molecule has 0 aliphatic rings. The van der Waals surface area contributed by atoms with Crippen LogP contribution >= 0.6 is 0 Å². The first-order valence-electron chi connectivity index (χ1n) is 8.04. The summed E-state index contributed by atoms with van der Waals surface area (Å²) in [7, 11) is 0. The smallest absolute Gasteiger partial charge is 0.433 e. The minimum absolute atomic E-state index is 0.247. The van der Waals surface area contributed by atoms with E-state index in [1.54, 1.807) is 60.7 Å². The third kappa shape index (κ3) is 3.57. The van der Waals surface area contributed by atoms with E-state index in [1.165, 1.54) is 12.1 Å². The van der Waals surface area contributed by atoms with Crippen molar-refractivity contribution in [2.45, 2.75) is 6.05 Å². The van der Waals surface area contributed by atoms with Gasteiger partial charge in [-0.15, -0.1) is 10.2 Å². The SMILES string of the molecule is Fc1ccc(-c2ccc(N=NC(F)(F)c3nc4ccccc4o3)cc2)cc1. The number of nitrogens with zero attached hydrogens (tertiary/aromatic N) is 3. The molecule has 1 heterocycles. The number of hydrogen-bond acceptors (Lipinski definition) is 4. The van der Waals surface area contributed by atoms with Gasteiger partial charge < -0.3 is 4.42 Å². The van der Waals surface area contributed by atoms with Gasteiger partial charge in [0, 0.05) is 0 Å². The Morgan fingerprint density at radius 2 is 1.44 bits per heavy atom. The molecule has 1 aromatic heterocycles. The largest absolute Gasteiger partial charge is 0.436 e. The number of para-hydroxylation sites is 2. The summed E-state index contributed by atoms with van der Waals surface area (Å²) in [5.74, 6) is -1.14. The summed E-state index contributed by atoms with van der Waals surface area (Å²) < 4.78 is 46.5. The Bertz CT molecular complexity index is 1070. The van der Waals surface area contributed by atoms with Gasteiger partial charge in [-0.3, -0.25) is 0 Å². The van der Waals surface area contributed by atoms with Gasteiger partial charge in [0.1, 0.15) is 11.3 Å². The number of rotatable bonds is 4. The highest BCUT2D eigenvalue weighted by molar-refractivity contribution is 5.72. The van der Waals surface area contributed by atoms with Crippen molar-refractivity contribution in [2.24, 2.45) is 10.2 Å². The summed E-state index contributed by atoms with van der Waals surface area (Å²) in [4.78, 5) is 3.76. The zero-order valence-corrected chi connectivity index (χ0v) is 13.8. The van der Waals surface area contributed by atoms with Gasteiger partial charge in [-0.1, -0.05) is 36.4 Å². The van der Waals surface area contributed by atoms with Gasteiger partial charge in [-0.2, -0.15) is 8.78 Å². The Morgan fingerprint density at radius 1 is 0.815 bits per heavy atom. The molecule has 0 aliphatic carbocycles. The monoisotopic (exact) mass is 367 g/mol. The second kappa shape index (κ2) is 6.68. The number of halogens is 3. The van der Waals surface area contributed by atoms with Crippen LogP contribution in [0.4, 0.5) is 18.9 Å². The maximum absolute atomic E-state index is 14.2. The van der Waals surface area contributed by atoms with Crippen LogP contribution in [0.25, 0.3) is 22.2 Å². The van der Waals surface area contributed by atoms with E-state index in [4.69, 9.17) is 4.42 Å². The quantitative estimate of drug-likeness (QED) is 0.307.